The Morgan fingerprint density at radius 3 is 1.95 bits per heavy atom. The van der Waals surface area contributed by atoms with Crippen LogP contribution in [0.3, 0.4) is 0 Å². The highest BCUT2D eigenvalue weighted by Gasteiger charge is 2.28. The monoisotopic (exact) mass is 547 g/mol. The first-order valence-electron chi connectivity index (χ1n) is 13.5. The molecule has 0 aliphatic heterocycles. The maximum Gasteiger partial charge on any atom is 0.165 e. The highest BCUT2D eigenvalue weighted by molar-refractivity contribution is 7.18. The Morgan fingerprint density at radius 1 is 0.575 bits per heavy atom. The van der Waals surface area contributed by atoms with E-state index in [0.29, 0.717) is 0 Å². The molecule has 0 bridgehead atoms. The van der Waals surface area contributed by atoms with Crippen LogP contribution in [0.15, 0.2) is 95.7 Å². The van der Waals surface area contributed by atoms with E-state index in [2.05, 4.69) is 108 Å². The van der Waals surface area contributed by atoms with Crippen molar-refractivity contribution in [3.8, 4) is 22.8 Å². The van der Waals surface area contributed by atoms with Gasteiger partial charge in [0.25, 0.3) is 0 Å². The van der Waals surface area contributed by atoms with E-state index in [4.69, 9.17) is 15.0 Å². The van der Waals surface area contributed by atoms with E-state index in [1.807, 2.05) is 0 Å². The lowest BCUT2D eigenvalue weighted by molar-refractivity contribution is 0.874. The van der Waals surface area contributed by atoms with Crippen molar-refractivity contribution in [3.63, 3.8) is 0 Å². The molecular formula is C35H21N3S2. The van der Waals surface area contributed by atoms with E-state index in [0.717, 1.165) is 40.6 Å². The van der Waals surface area contributed by atoms with Gasteiger partial charge in [-0.25, -0.2) is 15.0 Å². The van der Waals surface area contributed by atoms with Crippen molar-refractivity contribution in [3.05, 3.63) is 118 Å². The summed E-state index contributed by atoms with van der Waals surface area (Å²) in [5, 5.41) is 12.0. The summed E-state index contributed by atoms with van der Waals surface area (Å²) in [5.41, 5.74) is 4.67. The minimum absolute atomic E-state index is 0.205. The first-order chi connectivity index (χ1) is 19.8. The van der Waals surface area contributed by atoms with E-state index in [1.165, 1.54) is 46.9 Å². The van der Waals surface area contributed by atoms with E-state index < -0.39 is 0 Å². The van der Waals surface area contributed by atoms with Gasteiger partial charge in [0.2, 0.25) is 0 Å². The van der Waals surface area contributed by atoms with Crippen LogP contribution in [0.25, 0.3) is 71.4 Å². The van der Waals surface area contributed by atoms with Crippen molar-refractivity contribution in [2.24, 2.45) is 0 Å². The SMILES string of the molecule is C1=C(c2nc(-c3cccc4ccsc34)nc(-c3cccc4ccsc34)n2)C2CC=c3cccc4ccc(c2c34)=C1. The average molecular weight is 548 g/mol. The Bertz CT molecular complexity index is 2230. The number of rotatable bonds is 3. The predicted octanol–water partition coefficient (Wildman–Crippen LogP) is 7.93. The van der Waals surface area contributed by atoms with Crippen molar-refractivity contribution >= 4 is 71.3 Å². The lowest BCUT2D eigenvalue weighted by Gasteiger charge is -2.27. The maximum atomic E-state index is 5.21. The number of fused-ring (bicyclic) bond motifs is 2. The van der Waals surface area contributed by atoms with Crippen molar-refractivity contribution in [1.29, 1.82) is 0 Å². The molecule has 0 radical (unpaired) electrons. The molecule has 0 fully saturated rings. The molecule has 1 atom stereocenters. The molecule has 0 saturated carbocycles. The Hall–Kier alpha value is -4.45. The Balaban J connectivity index is 1.31. The molecule has 3 nitrogen and oxygen atoms in total. The quantitative estimate of drug-likeness (QED) is 0.225. The molecule has 1 unspecified atom stereocenters. The number of hydrogen-bond donors (Lipinski definition) is 0. The second-order valence-corrected chi connectivity index (χ2v) is 12.2. The molecule has 4 aromatic carbocycles. The van der Waals surface area contributed by atoms with Crippen LogP contribution in [0.1, 0.15) is 23.7 Å². The third-order valence-electron chi connectivity index (χ3n) is 8.22. The molecule has 188 valence electrons. The Kier molecular flexibility index (Phi) is 4.77. The molecule has 0 saturated heterocycles. The first kappa shape index (κ1) is 22.4. The summed E-state index contributed by atoms with van der Waals surface area (Å²) < 4.78 is 2.41. The van der Waals surface area contributed by atoms with Crippen LogP contribution in [0.2, 0.25) is 0 Å². The zero-order valence-electron chi connectivity index (χ0n) is 21.3. The van der Waals surface area contributed by atoms with Crippen LogP contribution in [0.4, 0.5) is 0 Å². The standard InChI is InChI=1S/C35H21N3S2/c1-4-20-10-11-22-13-15-26(25-14-12-21(5-1)29(20)30(22)25)33-36-34(27-8-2-6-23-16-18-39-31(23)27)38-35(37-33)28-9-3-7-24-17-19-40-32(24)28/h1-13,15-19,25H,14H2. The number of thiophene rings is 2. The van der Waals surface area contributed by atoms with Crippen molar-refractivity contribution in [1.82, 2.24) is 15.0 Å². The first-order valence-corrected chi connectivity index (χ1v) is 15.2. The van der Waals surface area contributed by atoms with Gasteiger partial charge < -0.3 is 0 Å². The molecule has 5 heteroatoms. The smallest absolute Gasteiger partial charge is 0.165 e. The molecule has 3 aromatic heterocycles. The highest BCUT2D eigenvalue weighted by atomic mass is 32.1. The van der Waals surface area contributed by atoms with E-state index >= 15 is 0 Å². The van der Waals surface area contributed by atoms with Crippen LogP contribution in [-0.2, 0) is 0 Å². The molecule has 0 N–H and O–H groups in total. The molecule has 7 aromatic rings. The van der Waals surface area contributed by atoms with Crippen molar-refractivity contribution in [2.45, 2.75) is 12.3 Å². The Labute approximate surface area is 238 Å². The van der Waals surface area contributed by atoms with Gasteiger partial charge >= 0.3 is 0 Å². The summed E-state index contributed by atoms with van der Waals surface area (Å²) in [6.07, 6.45) is 7.79. The Morgan fingerprint density at radius 2 is 1.23 bits per heavy atom. The molecule has 2 aliphatic carbocycles. The predicted molar refractivity (Wildman–Crippen MR) is 169 cm³/mol. The average Bonchev–Trinajstić information content (AvgIpc) is 3.69. The molecule has 2 aliphatic rings. The van der Waals surface area contributed by atoms with Gasteiger partial charge in [0.15, 0.2) is 17.5 Å². The second-order valence-electron chi connectivity index (χ2n) is 10.4. The summed E-state index contributed by atoms with van der Waals surface area (Å²) in [7, 11) is 0. The summed E-state index contributed by atoms with van der Waals surface area (Å²) >= 11 is 3.47. The number of aromatic nitrogens is 3. The topological polar surface area (TPSA) is 38.7 Å². The number of nitrogens with zero attached hydrogens (tertiary/aromatic N) is 3. The minimum Gasteiger partial charge on any atom is -0.208 e. The molecule has 0 spiro atoms. The van der Waals surface area contributed by atoms with Crippen LogP contribution in [-0.4, -0.2) is 15.0 Å². The number of benzene rings is 4. The van der Waals surface area contributed by atoms with E-state index in [9.17, 15) is 0 Å². The zero-order valence-corrected chi connectivity index (χ0v) is 23.0. The number of allylic oxidation sites excluding steroid dienone is 2. The fraction of sp³-hybridized carbons (Fsp3) is 0.0571. The second kappa shape index (κ2) is 8.52. The van der Waals surface area contributed by atoms with Crippen molar-refractivity contribution in [2.75, 3.05) is 0 Å². The van der Waals surface area contributed by atoms with Crippen LogP contribution >= 0.6 is 22.7 Å². The fourth-order valence-electron chi connectivity index (χ4n) is 6.40. The summed E-state index contributed by atoms with van der Waals surface area (Å²) in [6, 6.07) is 28.2. The van der Waals surface area contributed by atoms with Gasteiger partial charge in [-0.3, -0.25) is 0 Å². The molecule has 0 amide bonds. The largest absolute Gasteiger partial charge is 0.208 e. The third kappa shape index (κ3) is 3.25. The van der Waals surface area contributed by atoms with Crippen LogP contribution in [0, 0.1) is 0 Å². The maximum absolute atomic E-state index is 5.21. The summed E-state index contributed by atoms with van der Waals surface area (Å²) in [5.74, 6) is 2.42. The minimum atomic E-state index is 0.205. The fourth-order valence-corrected chi connectivity index (χ4v) is 8.22. The van der Waals surface area contributed by atoms with Crippen LogP contribution in [0.5, 0.6) is 0 Å². The summed E-state index contributed by atoms with van der Waals surface area (Å²) in [6.45, 7) is 0. The van der Waals surface area contributed by atoms with Gasteiger partial charge in [0, 0.05) is 32.0 Å². The van der Waals surface area contributed by atoms with E-state index in [1.54, 1.807) is 22.7 Å². The van der Waals surface area contributed by atoms with Gasteiger partial charge in [-0.15, -0.1) is 22.7 Å². The molecule has 3 heterocycles. The number of hydrogen-bond acceptors (Lipinski definition) is 5. The summed E-state index contributed by atoms with van der Waals surface area (Å²) in [4.78, 5) is 15.5. The van der Waals surface area contributed by atoms with Crippen LogP contribution < -0.4 is 10.4 Å². The normalized spacial score (nSPS) is 15.7. The molecule has 40 heavy (non-hydrogen) atoms. The zero-order chi connectivity index (χ0) is 26.2. The van der Waals surface area contributed by atoms with Gasteiger partial charge in [-0.1, -0.05) is 72.8 Å². The lowest BCUT2D eigenvalue weighted by Crippen LogP contribution is -2.25. The molecular weight excluding hydrogens is 527 g/mol. The molecule has 9 rings (SSSR count). The van der Waals surface area contributed by atoms with Gasteiger partial charge in [-0.05, 0) is 79.0 Å². The third-order valence-corrected chi connectivity index (χ3v) is 10.2. The lowest BCUT2D eigenvalue weighted by atomic mass is 9.77. The van der Waals surface area contributed by atoms with Gasteiger partial charge in [0.1, 0.15) is 0 Å². The van der Waals surface area contributed by atoms with Crippen molar-refractivity contribution < 1.29 is 0 Å². The van der Waals surface area contributed by atoms with E-state index in [-0.39, 0.29) is 5.92 Å². The van der Waals surface area contributed by atoms with Gasteiger partial charge in [0.05, 0.1) is 0 Å². The van der Waals surface area contributed by atoms with Gasteiger partial charge in [-0.2, -0.15) is 0 Å². The highest BCUT2D eigenvalue weighted by Crippen LogP contribution is 2.41.